The van der Waals surface area contributed by atoms with Crippen LogP contribution in [0.15, 0.2) is 11.8 Å². The Morgan fingerprint density at radius 2 is 1.87 bits per heavy atom. The van der Waals surface area contributed by atoms with Crippen molar-refractivity contribution in [2.75, 3.05) is 7.11 Å². The Balaban J connectivity index is 1.62. The van der Waals surface area contributed by atoms with Gasteiger partial charge >= 0.3 is 0 Å². The molecule has 4 aliphatic rings. The van der Waals surface area contributed by atoms with Crippen LogP contribution in [-0.4, -0.2) is 18.3 Å². The van der Waals surface area contributed by atoms with Crippen LogP contribution >= 0.6 is 0 Å². The van der Waals surface area contributed by atoms with Crippen molar-refractivity contribution >= 4 is 0 Å². The van der Waals surface area contributed by atoms with Crippen LogP contribution < -0.4 is 0 Å². The Kier molecular flexibility index (Phi) is 3.83. The first-order chi connectivity index (χ1) is 11.0. The number of hydrogen-bond acceptors (Lipinski definition) is 2. The molecule has 4 saturated carbocycles. The summed E-state index contributed by atoms with van der Waals surface area (Å²) >= 11 is 0. The van der Waals surface area contributed by atoms with Gasteiger partial charge in [-0.3, -0.25) is 0 Å². The third kappa shape index (κ3) is 2.23. The van der Waals surface area contributed by atoms with E-state index in [1.165, 1.54) is 44.9 Å². The van der Waals surface area contributed by atoms with Gasteiger partial charge in [-0.15, -0.1) is 0 Å². The summed E-state index contributed by atoms with van der Waals surface area (Å²) in [6, 6.07) is 0. The molecular formula is C21H34O2. The molecule has 0 aromatic rings. The zero-order chi connectivity index (χ0) is 16.2. The van der Waals surface area contributed by atoms with Crippen LogP contribution in [0.3, 0.4) is 0 Å². The molecule has 2 heteroatoms. The number of aliphatic hydroxyl groups is 1. The summed E-state index contributed by atoms with van der Waals surface area (Å²) in [4.78, 5) is 0. The number of ether oxygens (including phenoxy) is 1. The van der Waals surface area contributed by atoms with Gasteiger partial charge in [0.15, 0.2) is 0 Å². The standard InChI is InChI=1S/C21H34O2/c1-20-10-8-16(22)12-14(20)4-6-17-18-7-5-15(13-23-3)21(18,2)11-9-19(17)20/h13-14,16-19,22H,4-12H2,1-3H3/t14-,16+,17-,18-,19-,20-,21+/m0/s1. The number of aliphatic hydroxyl groups excluding tert-OH is 1. The predicted octanol–water partition coefficient (Wildman–Crippen LogP) is 4.92. The van der Waals surface area contributed by atoms with E-state index in [1.807, 2.05) is 0 Å². The minimum absolute atomic E-state index is 0.0267. The van der Waals surface area contributed by atoms with Crippen LogP contribution in [0, 0.1) is 34.5 Å². The largest absolute Gasteiger partial charge is 0.504 e. The first-order valence-corrected chi connectivity index (χ1v) is 9.89. The molecule has 0 aliphatic heterocycles. The van der Waals surface area contributed by atoms with Gasteiger partial charge in [0, 0.05) is 0 Å². The summed E-state index contributed by atoms with van der Waals surface area (Å²) < 4.78 is 5.40. The van der Waals surface area contributed by atoms with E-state index < -0.39 is 0 Å². The Hall–Kier alpha value is -0.500. The lowest BCUT2D eigenvalue weighted by molar-refractivity contribution is -0.116. The van der Waals surface area contributed by atoms with E-state index in [0.29, 0.717) is 10.8 Å². The Morgan fingerprint density at radius 3 is 2.65 bits per heavy atom. The zero-order valence-corrected chi connectivity index (χ0v) is 15.2. The highest BCUT2D eigenvalue weighted by Gasteiger charge is 2.58. The lowest BCUT2D eigenvalue weighted by atomic mass is 9.45. The first-order valence-electron chi connectivity index (χ1n) is 9.89. The third-order valence-corrected chi connectivity index (χ3v) is 8.75. The van der Waals surface area contributed by atoms with Crippen molar-refractivity contribution < 1.29 is 9.84 Å². The molecule has 130 valence electrons. The highest BCUT2D eigenvalue weighted by molar-refractivity contribution is 5.22. The zero-order valence-electron chi connectivity index (χ0n) is 15.2. The molecule has 4 rings (SSSR count). The van der Waals surface area contributed by atoms with Crippen LogP contribution in [0.4, 0.5) is 0 Å². The molecular weight excluding hydrogens is 284 g/mol. The quantitative estimate of drug-likeness (QED) is 0.695. The molecule has 0 spiro atoms. The summed E-state index contributed by atoms with van der Waals surface area (Å²) in [7, 11) is 1.80. The van der Waals surface area contributed by atoms with E-state index in [-0.39, 0.29) is 6.10 Å². The van der Waals surface area contributed by atoms with Crippen molar-refractivity contribution in [3.63, 3.8) is 0 Å². The lowest BCUT2D eigenvalue weighted by Crippen LogP contribution is -2.53. The molecule has 0 bridgehead atoms. The maximum absolute atomic E-state index is 10.1. The van der Waals surface area contributed by atoms with Crippen molar-refractivity contribution in [1.29, 1.82) is 0 Å². The molecule has 0 aromatic heterocycles. The van der Waals surface area contributed by atoms with Crippen LogP contribution in [-0.2, 0) is 4.74 Å². The van der Waals surface area contributed by atoms with Crippen molar-refractivity contribution in [3.8, 4) is 0 Å². The fraction of sp³-hybridized carbons (Fsp3) is 0.905. The molecule has 0 saturated heterocycles. The van der Waals surface area contributed by atoms with Crippen LogP contribution in [0.1, 0.15) is 71.6 Å². The van der Waals surface area contributed by atoms with Gasteiger partial charge in [0.2, 0.25) is 0 Å². The van der Waals surface area contributed by atoms with Gasteiger partial charge in [-0.1, -0.05) is 13.8 Å². The third-order valence-electron chi connectivity index (χ3n) is 8.75. The molecule has 23 heavy (non-hydrogen) atoms. The van der Waals surface area contributed by atoms with E-state index in [4.69, 9.17) is 4.74 Å². The van der Waals surface area contributed by atoms with Gasteiger partial charge in [0.1, 0.15) is 0 Å². The summed E-state index contributed by atoms with van der Waals surface area (Å²) in [6.45, 7) is 5.09. The van der Waals surface area contributed by atoms with Gasteiger partial charge < -0.3 is 9.84 Å². The average Bonchev–Trinajstić information content (AvgIpc) is 2.85. The van der Waals surface area contributed by atoms with Crippen molar-refractivity contribution in [1.82, 2.24) is 0 Å². The van der Waals surface area contributed by atoms with Gasteiger partial charge in [-0.2, -0.15) is 0 Å². The van der Waals surface area contributed by atoms with Gasteiger partial charge in [-0.05, 0) is 97.9 Å². The molecule has 7 atom stereocenters. The van der Waals surface area contributed by atoms with E-state index in [0.717, 1.165) is 36.5 Å². The number of rotatable bonds is 1. The number of hydrogen-bond donors (Lipinski definition) is 1. The second-order valence-electron chi connectivity index (χ2n) is 9.46. The fourth-order valence-corrected chi connectivity index (χ4v) is 7.42. The monoisotopic (exact) mass is 318 g/mol. The van der Waals surface area contributed by atoms with Gasteiger partial charge in [0.25, 0.3) is 0 Å². The molecule has 0 amide bonds. The predicted molar refractivity (Wildman–Crippen MR) is 92.8 cm³/mol. The molecule has 1 N–H and O–H groups in total. The summed E-state index contributed by atoms with van der Waals surface area (Å²) in [5.74, 6) is 3.45. The van der Waals surface area contributed by atoms with Crippen molar-refractivity contribution in [2.45, 2.75) is 77.7 Å². The van der Waals surface area contributed by atoms with E-state index >= 15 is 0 Å². The van der Waals surface area contributed by atoms with Gasteiger partial charge in [0.05, 0.1) is 19.5 Å². The van der Waals surface area contributed by atoms with Crippen LogP contribution in [0.25, 0.3) is 0 Å². The SMILES string of the molecule is COC=C1CC[C@H]2[C@@H]3CC[C@H]4C[C@H](O)CC[C@]4(C)[C@H]3CC[C@]12C. The first kappa shape index (κ1) is 16.0. The fourth-order valence-electron chi connectivity index (χ4n) is 7.42. The second kappa shape index (κ2) is 5.51. The Morgan fingerprint density at radius 1 is 1.04 bits per heavy atom. The van der Waals surface area contributed by atoms with Crippen molar-refractivity contribution in [3.05, 3.63) is 11.8 Å². The molecule has 0 aromatic carbocycles. The minimum atomic E-state index is -0.0267. The van der Waals surface area contributed by atoms with Crippen LogP contribution in [0.5, 0.6) is 0 Å². The molecule has 4 aliphatic carbocycles. The minimum Gasteiger partial charge on any atom is -0.504 e. The lowest BCUT2D eigenvalue weighted by Gasteiger charge is -2.60. The second-order valence-corrected chi connectivity index (χ2v) is 9.46. The number of allylic oxidation sites excluding steroid dienone is 1. The maximum Gasteiger partial charge on any atom is 0.0822 e. The summed E-state index contributed by atoms with van der Waals surface area (Å²) in [6.07, 6.45) is 13.5. The molecule has 0 radical (unpaired) electrons. The van der Waals surface area contributed by atoms with E-state index in [2.05, 4.69) is 20.1 Å². The Bertz CT molecular complexity index is 498. The summed E-state index contributed by atoms with van der Waals surface area (Å²) in [5, 5.41) is 10.1. The number of methoxy groups -OCH3 is 1. The molecule has 0 unspecified atom stereocenters. The Labute approximate surface area is 141 Å². The summed E-state index contributed by atoms with van der Waals surface area (Å²) in [5.41, 5.74) is 2.47. The van der Waals surface area contributed by atoms with E-state index in [9.17, 15) is 5.11 Å². The van der Waals surface area contributed by atoms with Crippen LogP contribution in [0.2, 0.25) is 0 Å². The average molecular weight is 319 g/mol. The highest BCUT2D eigenvalue weighted by atomic mass is 16.5. The van der Waals surface area contributed by atoms with Crippen molar-refractivity contribution in [2.24, 2.45) is 34.5 Å². The molecule has 2 nitrogen and oxygen atoms in total. The molecule has 0 heterocycles. The van der Waals surface area contributed by atoms with E-state index in [1.54, 1.807) is 12.7 Å². The smallest absolute Gasteiger partial charge is 0.0822 e. The topological polar surface area (TPSA) is 29.5 Å². The number of fused-ring (bicyclic) bond motifs is 5. The highest BCUT2D eigenvalue weighted by Crippen LogP contribution is 2.67. The molecule has 4 fully saturated rings. The normalized spacial score (nSPS) is 54.3. The van der Waals surface area contributed by atoms with Gasteiger partial charge in [-0.25, -0.2) is 0 Å². The maximum atomic E-state index is 10.1.